The minimum atomic E-state index is -3.39. The molecule has 2 fully saturated rings. The van der Waals surface area contributed by atoms with Crippen molar-refractivity contribution in [2.45, 2.75) is 69.4 Å². The minimum absolute atomic E-state index is 0.0460. The van der Waals surface area contributed by atoms with Crippen molar-refractivity contribution in [3.05, 3.63) is 24.3 Å². The molecule has 5 heteroatoms. The first-order valence-electron chi connectivity index (χ1n) is 9.22. The molecule has 1 aromatic carbocycles. The van der Waals surface area contributed by atoms with Gasteiger partial charge in [-0.1, -0.05) is 25.7 Å². The molecule has 0 aromatic heterocycles. The molecule has 0 atom stereocenters. The molecule has 0 spiro atoms. The zero-order valence-electron chi connectivity index (χ0n) is 15.0. The second-order valence-electron chi connectivity index (χ2n) is 7.76. The van der Waals surface area contributed by atoms with Crippen LogP contribution in [0.4, 0.5) is 5.69 Å². The van der Waals surface area contributed by atoms with Crippen LogP contribution in [-0.2, 0) is 10.0 Å². The van der Waals surface area contributed by atoms with Gasteiger partial charge in [0.15, 0.2) is 0 Å². The van der Waals surface area contributed by atoms with Crippen LogP contribution >= 0.6 is 0 Å². The molecule has 0 amide bonds. The van der Waals surface area contributed by atoms with E-state index in [0.717, 1.165) is 17.5 Å². The van der Waals surface area contributed by atoms with Gasteiger partial charge in [0, 0.05) is 24.8 Å². The van der Waals surface area contributed by atoms with Crippen molar-refractivity contribution in [2.24, 2.45) is 11.8 Å². The fourth-order valence-corrected chi connectivity index (χ4v) is 5.36. The highest BCUT2D eigenvalue weighted by atomic mass is 32.2. The molecular formula is C19H30N2O2S. The lowest BCUT2D eigenvalue weighted by atomic mass is 9.71. The van der Waals surface area contributed by atoms with E-state index in [4.69, 9.17) is 0 Å². The van der Waals surface area contributed by atoms with Crippen molar-refractivity contribution in [2.75, 3.05) is 12.4 Å². The van der Waals surface area contributed by atoms with Crippen LogP contribution < -0.4 is 5.32 Å². The topological polar surface area (TPSA) is 49.4 Å². The molecule has 4 nitrogen and oxygen atoms in total. The average molecular weight is 351 g/mol. The second-order valence-corrected chi connectivity index (χ2v) is 9.75. The maximum absolute atomic E-state index is 12.5. The van der Waals surface area contributed by atoms with E-state index >= 15 is 0 Å². The number of hydrogen-bond acceptors (Lipinski definition) is 3. The van der Waals surface area contributed by atoms with Gasteiger partial charge in [0.2, 0.25) is 10.0 Å². The van der Waals surface area contributed by atoms with Crippen molar-refractivity contribution in [3.8, 4) is 0 Å². The Morgan fingerprint density at radius 1 is 1.04 bits per heavy atom. The summed E-state index contributed by atoms with van der Waals surface area (Å²) in [6.45, 7) is 3.76. The molecule has 0 saturated heterocycles. The van der Waals surface area contributed by atoms with E-state index in [2.05, 4.69) is 5.32 Å². The van der Waals surface area contributed by atoms with Crippen LogP contribution in [0.3, 0.4) is 0 Å². The van der Waals surface area contributed by atoms with E-state index in [9.17, 15) is 8.42 Å². The number of nitrogens with zero attached hydrogens (tertiary/aromatic N) is 1. The lowest BCUT2D eigenvalue weighted by Gasteiger charge is -2.40. The molecular weight excluding hydrogens is 320 g/mol. The standard InChI is InChI=1S/C19H30N2O2S/c1-14(2)21(3)24(22,23)19-10-8-17(9-11-19)20-18-12-16(13-18)15-6-4-5-7-15/h8-11,14-16,18,20H,4-7,12-13H2,1-3H3. The molecule has 2 saturated carbocycles. The predicted molar refractivity (Wildman–Crippen MR) is 98.6 cm³/mol. The van der Waals surface area contributed by atoms with Gasteiger partial charge in [-0.05, 0) is 62.8 Å². The van der Waals surface area contributed by atoms with E-state index in [1.807, 2.05) is 26.0 Å². The number of rotatable bonds is 6. The van der Waals surface area contributed by atoms with Gasteiger partial charge in [0.1, 0.15) is 0 Å². The van der Waals surface area contributed by atoms with Crippen LogP contribution in [0.5, 0.6) is 0 Å². The highest BCUT2D eigenvalue weighted by molar-refractivity contribution is 7.89. The molecule has 0 unspecified atom stereocenters. The molecule has 1 aromatic rings. The molecule has 0 aliphatic heterocycles. The minimum Gasteiger partial charge on any atom is -0.382 e. The monoisotopic (exact) mass is 350 g/mol. The number of anilines is 1. The Morgan fingerprint density at radius 3 is 2.17 bits per heavy atom. The molecule has 2 aliphatic carbocycles. The van der Waals surface area contributed by atoms with Gasteiger partial charge < -0.3 is 5.32 Å². The highest BCUT2D eigenvalue weighted by Gasteiger charge is 2.36. The van der Waals surface area contributed by atoms with Gasteiger partial charge in [-0.2, -0.15) is 4.31 Å². The third-order valence-corrected chi connectivity index (χ3v) is 7.92. The predicted octanol–water partition coefficient (Wildman–Crippen LogP) is 4.10. The quantitative estimate of drug-likeness (QED) is 0.840. The van der Waals surface area contributed by atoms with E-state index in [1.165, 1.54) is 42.8 Å². The molecule has 2 aliphatic rings. The molecule has 24 heavy (non-hydrogen) atoms. The van der Waals surface area contributed by atoms with Gasteiger partial charge in [0.25, 0.3) is 0 Å². The van der Waals surface area contributed by atoms with Gasteiger partial charge in [-0.15, -0.1) is 0 Å². The third kappa shape index (κ3) is 3.62. The lowest BCUT2D eigenvalue weighted by molar-refractivity contribution is 0.189. The summed E-state index contributed by atoms with van der Waals surface area (Å²) in [5, 5.41) is 3.55. The zero-order valence-corrected chi connectivity index (χ0v) is 15.8. The van der Waals surface area contributed by atoms with Crippen molar-refractivity contribution in [1.29, 1.82) is 0 Å². The second kappa shape index (κ2) is 7.04. The maximum atomic E-state index is 12.5. The molecule has 0 bridgehead atoms. The van der Waals surface area contributed by atoms with Crippen molar-refractivity contribution in [3.63, 3.8) is 0 Å². The van der Waals surface area contributed by atoms with Crippen LogP contribution in [0.25, 0.3) is 0 Å². The largest absolute Gasteiger partial charge is 0.382 e. The van der Waals surface area contributed by atoms with E-state index in [0.29, 0.717) is 10.9 Å². The summed E-state index contributed by atoms with van der Waals surface area (Å²) in [6.07, 6.45) is 8.21. The Morgan fingerprint density at radius 2 is 1.62 bits per heavy atom. The smallest absolute Gasteiger partial charge is 0.243 e. The number of nitrogens with one attached hydrogen (secondary N) is 1. The molecule has 0 heterocycles. The van der Waals surface area contributed by atoms with E-state index in [1.54, 1.807) is 19.2 Å². The Labute approximate surface area is 146 Å². The van der Waals surface area contributed by atoms with Crippen LogP contribution in [0.15, 0.2) is 29.2 Å². The van der Waals surface area contributed by atoms with Gasteiger partial charge in [0.05, 0.1) is 4.90 Å². The van der Waals surface area contributed by atoms with Crippen LogP contribution in [0.1, 0.15) is 52.4 Å². The first-order chi connectivity index (χ1) is 11.4. The number of sulfonamides is 1. The van der Waals surface area contributed by atoms with Crippen molar-refractivity contribution in [1.82, 2.24) is 4.31 Å². The fourth-order valence-electron chi connectivity index (χ4n) is 4.00. The molecule has 134 valence electrons. The summed E-state index contributed by atoms with van der Waals surface area (Å²) in [7, 11) is -1.76. The van der Waals surface area contributed by atoms with Crippen LogP contribution in [0.2, 0.25) is 0 Å². The average Bonchev–Trinajstić information content (AvgIpc) is 3.03. The number of benzene rings is 1. The SMILES string of the molecule is CC(C)N(C)S(=O)(=O)c1ccc(NC2CC(C3CCCC3)C2)cc1. The summed E-state index contributed by atoms with van der Waals surface area (Å²) < 4.78 is 26.4. The van der Waals surface area contributed by atoms with Gasteiger partial charge in [-0.25, -0.2) is 8.42 Å². The Balaban J connectivity index is 1.56. The normalized spacial score (nSPS) is 25.2. The first kappa shape index (κ1) is 17.7. The van der Waals surface area contributed by atoms with E-state index < -0.39 is 10.0 Å². The Kier molecular flexibility index (Phi) is 5.21. The summed E-state index contributed by atoms with van der Waals surface area (Å²) in [5.41, 5.74) is 1.02. The Hall–Kier alpha value is -1.07. The summed E-state index contributed by atoms with van der Waals surface area (Å²) in [6, 6.07) is 7.72. The van der Waals surface area contributed by atoms with Gasteiger partial charge >= 0.3 is 0 Å². The van der Waals surface area contributed by atoms with Crippen LogP contribution in [0, 0.1) is 11.8 Å². The maximum Gasteiger partial charge on any atom is 0.243 e. The Bertz CT molecular complexity index is 642. The fraction of sp³-hybridized carbons (Fsp3) is 0.684. The highest BCUT2D eigenvalue weighted by Crippen LogP contribution is 2.43. The lowest BCUT2D eigenvalue weighted by Crippen LogP contribution is -2.38. The summed E-state index contributed by atoms with van der Waals surface area (Å²) in [4.78, 5) is 0.363. The number of hydrogen-bond donors (Lipinski definition) is 1. The van der Waals surface area contributed by atoms with Gasteiger partial charge in [-0.3, -0.25) is 0 Å². The van der Waals surface area contributed by atoms with E-state index in [-0.39, 0.29) is 6.04 Å². The van der Waals surface area contributed by atoms with Crippen molar-refractivity contribution >= 4 is 15.7 Å². The van der Waals surface area contributed by atoms with Crippen LogP contribution in [-0.4, -0.2) is 31.9 Å². The molecule has 3 rings (SSSR count). The molecule has 1 N–H and O–H groups in total. The first-order valence-corrected chi connectivity index (χ1v) is 10.7. The third-order valence-electron chi connectivity index (χ3n) is 5.87. The van der Waals surface area contributed by atoms with Crippen molar-refractivity contribution < 1.29 is 8.42 Å². The summed E-state index contributed by atoms with van der Waals surface area (Å²) >= 11 is 0. The zero-order chi connectivity index (χ0) is 17.3. The molecule has 0 radical (unpaired) electrons. The summed E-state index contributed by atoms with van der Waals surface area (Å²) in [5.74, 6) is 1.87.